The summed E-state index contributed by atoms with van der Waals surface area (Å²) >= 11 is 0. The van der Waals surface area contributed by atoms with E-state index in [1.807, 2.05) is 0 Å². The van der Waals surface area contributed by atoms with Gasteiger partial charge < -0.3 is 14.6 Å². The fourth-order valence-electron chi connectivity index (χ4n) is 3.12. The summed E-state index contributed by atoms with van der Waals surface area (Å²) in [6.07, 6.45) is -3.93. The summed E-state index contributed by atoms with van der Waals surface area (Å²) in [6.45, 7) is 1.81. The van der Waals surface area contributed by atoms with E-state index < -0.39 is 23.6 Å². The van der Waals surface area contributed by atoms with Gasteiger partial charge in [-0.05, 0) is 60.5 Å². The van der Waals surface area contributed by atoms with E-state index in [1.54, 1.807) is 55.5 Å². The second kappa shape index (κ2) is 10.6. The molecular weight excluding hydrogens is 433 g/mol. The highest BCUT2D eigenvalue weighted by atomic mass is 19.4. The monoisotopic (exact) mass is 454 g/mol. The Kier molecular flexibility index (Phi) is 7.62. The quantitative estimate of drug-likeness (QED) is 0.414. The molecule has 0 radical (unpaired) electrons. The fraction of sp³-hybridized carbons (Fsp3) is 0.192. The molecule has 0 aliphatic heterocycles. The van der Waals surface area contributed by atoms with E-state index in [9.17, 15) is 23.1 Å². The predicted octanol–water partition coefficient (Wildman–Crippen LogP) is 6.51. The number of benzene rings is 3. The van der Waals surface area contributed by atoms with Gasteiger partial charge in [0.15, 0.2) is 11.5 Å². The van der Waals surface area contributed by atoms with Crippen molar-refractivity contribution in [1.82, 2.24) is 0 Å². The molecule has 0 aliphatic rings. The van der Waals surface area contributed by atoms with E-state index in [2.05, 4.69) is 11.8 Å². The number of hydrogen-bond acceptors (Lipinski definition) is 3. The molecule has 7 heteroatoms. The van der Waals surface area contributed by atoms with Gasteiger partial charge in [-0.25, -0.2) is 0 Å². The van der Waals surface area contributed by atoms with Gasteiger partial charge >= 0.3 is 12.1 Å². The average Bonchev–Trinajstić information content (AvgIpc) is 2.78. The van der Waals surface area contributed by atoms with E-state index in [0.717, 1.165) is 12.1 Å². The van der Waals surface area contributed by atoms with Crippen LogP contribution in [0, 0.1) is 11.8 Å². The molecule has 4 nitrogen and oxygen atoms in total. The van der Waals surface area contributed by atoms with Gasteiger partial charge in [-0.3, -0.25) is 4.79 Å². The van der Waals surface area contributed by atoms with Crippen LogP contribution in [0.1, 0.15) is 36.0 Å². The smallest absolute Gasteiger partial charge is 0.416 e. The van der Waals surface area contributed by atoms with Crippen molar-refractivity contribution in [3.8, 4) is 29.1 Å². The van der Waals surface area contributed by atoms with Crippen molar-refractivity contribution in [2.45, 2.75) is 25.4 Å². The average molecular weight is 454 g/mol. The highest BCUT2D eigenvalue weighted by molar-refractivity contribution is 5.76. The van der Waals surface area contributed by atoms with Crippen molar-refractivity contribution < 1.29 is 32.5 Å². The number of ether oxygens (including phenoxy) is 2. The first kappa shape index (κ1) is 23.7. The largest absolute Gasteiger partial charge is 0.481 e. The Labute approximate surface area is 189 Å². The molecule has 0 aromatic heterocycles. The standard InChI is InChI=1S/C26H21F3O4/c1-2-22(25(30)31)19-8-5-9-21(17-19)33-24-11-4-3-10-23(24)32-16-6-7-18-12-14-20(15-13-18)26(27,28)29/h3-5,8-15,17,22H,2,16H2,1H3,(H,30,31). The maximum Gasteiger partial charge on any atom is 0.416 e. The van der Waals surface area contributed by atoms with E-state index >= 15 is 0 Å². The fourth-order valence-corrected chi connectivity index (χ4v) is 3.12. The molecule has 1 N–H and O–H groups in total. The van der Waals surface area contributed by atoms with Crippen LogP contribution in [0.4, 0.5) is 13.2 Å². The van der Waals surface area contributed by atoms with Crippen molar-refractivity contribution in [1.29, 1.82) is 0 Å². The lowest BCUT2D eigenvalue weighted by atomic mass is 9.96. The van der Waals surface area contributed by atoms with Gasteiger partial charge in [-0.15, -0.1) is 0 Å². The lowest BCUT2D eigenvalue weighted by Gasteiger charge is -2.14. The number of carboxylic acids is 1. The Bertz CT molecular complexity index is 1160. The third-order valence-electron chi connectivity index (χ3n) is 4.79. The molecule has 170 valence electrons. The second-order valence-corrected chi connectivity index (χ2v) is 7.09. The van der Waals surface area contributed by atoms with Gasteiger partial charge in [0, 0.05) is 5.56 Å². The molecule has 1 unspecified atom stereocenters. The van der Waals surface area contributed by atoms with Gasteiger partial charge in [0.25, 0.3) is 0 Å². The maximum atomic E-state index is 12.6. The molecule has 3 aromatic rings. The number of hydrogen-bond donors (Lipinski definition) is 1. The molecule has 0 saturated heterocycles. The third-order valence-corrected chi connectivity index (χ3v) is 4.79. The Morgan fingerprint density at radius 3 is 2.33 bits per heavy atom. The number of aliphatic carboxylic acids is 1. The van der Waals surface area contributed by atoms with Crippen molar-refractivity contribution >= 4 is 5.97 Å². The number of alkyl halides is 3. The molecule has 1 atom stereocenters. The van der Waals surface area contributed by atoms with Gasteiger partial charge in [-0.2, -0.15) is 13.2 Å². The lowest BCUT2D eigenvalue weighted by molar-refractivity contribution is -0.139. The van der Waals surface area contributed by atoms with Gasteiger partial charge in [-0.1, -0.05) is 43.0 Å². The van der Waals surface area contributed by atoms with Crippen molar-refractivity contribution in [2.75, 3.05) is 6.61 Å². The van der Waals surface area contributed by atoms with Crippen molar-refractivity contribution in [3.05, 3.63) is 89.5 Å². The second-order valence-electron chi connectivity index (χ2n) is 7.09. The minimum atomic E-state index is -4.39. The first-order chi connectivity index (χ1) is 15.8. The summed E-state index contributed by atoms with van der Waals surface area (Å²) in [5, 5.41) is 9.38. The summed E-state index contributed by atoms with van der Waals surface area (Å²) < 4.78 is 49.5. The van der Waals surface area contributed by atoms with E-state index in [-0.39, 0.29) is 6.61 Å². The minimum Gasteiger partial charge on any atom is -0.481 e. The highest BCUT2D eigenvalue weighted by Crippen LogP contribution is 2.33. The Hall–Kier alpha value is -3.92. The molecule has 3 rings (SSSR count). The lowest BCUT2D eigenvalue weighted by Crippen LogP contribution is -2.10. The summed E-state index contributed by atoms with van der Waals surface area (Å²) in [4.78, 5) is 11.4. The summed E-state index contributed by atoms with van der Waals surface area (Å²) in [7, 11) is 0. The number of rotatable bonds is 7. The zero-order valence-corrected chi connectivity index (χ0v) is 17.7. The molecule has 0 spiro atoms. The number of carboxylic acid groups (broad SMARTS) is 1. The first-order valence-electron chi connectivity index (χ1n) is 10.2. The number of carbonyl (C=O) groups is 1. The number of para-hydroxylation sites is 2. The molecule has 0 aliphatic carbocycles. The minimum absolute atomic E-state index is 0.00163. The Morgan fingerprint density at radius 2 is 1.70 bits per heavy atom. The maximum absolute atomic E-state index is 12.6. The van der Waals surface area contributed by atoms with Gasteiger partial charge in [0.05, 0.1) is 11.5 Å². The summed E-state index contributed by atoms with van der Waals surface area (Å²) in [5.74, 6) is 5.33. The van der Waals surface area contributed by atoms with Crippen LogP contribution in [0.25, 0.3) is 0 Å². The third kappa shape index (κ3) is 6.53. The molecule has 3 aromatic carbocycles. The molecule has 0 amide bonds. The molecule has 33 heavy (non-hydrogen) atoms. The predicted molar refractivity (Wildman–Crippen MR) is 117 cm³/mol. The molecule has 0 saturated carbocycles. The van der Waals surface area contributed by atoms with E-state index in [0.29, 0.717) is 34.8 Å². The van der Waals surface area contributed by atoms with Crippen LogP contribution in [-0.4, -0.2) is 17.7 Å². The highest BCUT2D eigenvalue weighted by Gasteiger charge is 2.29. The summed E-state index contributed by atoms with van der Waals surface area (Å²) in [6, 6.07) is 18.4. The number of halogens is 3. The first-order valence-corrected chi connectivity index (χ1v) is 10.2. The topological polar surface area (TPSA) is 55.8 Å². The van der Waals surface area contributed by atoms with Crippen LogP contribution in [0.5, 0.6) is 17.2 Å². The van der Waals surface area contributed by atoms with Crippen molar-refractivity contribution in [2.24, 2.45) is 0 Å². The SMILES string of the molecule is CCC(C(=O)O)c1cccc(Oc2ccccc2OCC#Cc2ccc(C(F)(F)F)cc2)c1. The Balaban J connectivity index is 1.67. The molecule has 0 bridgehead atoms. The van der Waals surface area contributed by atoms with Crippen LogP contribution < -0.4 is 9.47 Å². The van der Waals surface area contributed by atoms with Crippen LogP contribution in [-0.2, 0) is 11.0 Å². The van der Waals surface area contributed by atoms with Gasteiger partial charge in [0.2, 0.25) is 0 Å². The van der Waals surface area contributed by atoms with Crippen LogP contribution in [0.2, 0.25) is 0 Å². The zero-order valence-electron chi connectivity index (χ0n) is 17.7. The molecular formula is C26H21F3O4. The van der Waals surface area contributed by atoms with Gasteiger partial charge in [0.1, 0.15) is 12.4 Å². The Morgan fingerprint density at radius 1 is 1.00 bits per heavy atom. The molecule has 0 heterocycles. The van der Waals surface area contributed by atoms with Crippen LogP contribution in [0.3, 0.4) is 0 Å². The molecule has 0 fully saturated rings. The van der Waals surface area contributed by atoms with Crippen molar-refractivity contribution in [3.63, 3.8) is 0 Å². The zero-order chi connectivity index (χ0) is 23.8. The summed E-state index contributed by atoms with van der Waals surface area (Å²) in [5.41, 5.74) is 0.355. The van der Waals surface area contributed by atoms with Crippen LogP contribution in [0.15, 0.2) is 72.8 Å². The van der Waals surface area contributed by atoms with Crippen LogP contribution >= 0.6 is 0 Å². The van der Waals surface area contributed by atoms with E-state index in [1.165, 1.54) is 12.1 Å². The normalized spacial score (nSPS) is 11.8. The van der Waals surface area contributed by atoms with E-state index in [4.69, 9.17) is 9.47 Å².